The van der Waals surface area contributed by atoms with Crippen LogP contribution in [0.1, 0.15) is 31.4 Å². The van der Waals surface area contributed by atoms with E-state index in [1.807, 2.05) is 0 Å². The molecule has 1 unspecified atom stereocenters. The summed E-state index contributed by atoms with van der Waals surface area (Å²) >= 11 is 0. The second-order valence-corrected chi connectivity index (χ2v) is 6.28. The number of nitrogens with zero attached hydrogens (tertiary/aromatic N) is 3. The largest absolute Gasteiger partial charge is 0.458 e. The number of piperidine rings is 1. The van der Waals surface area contributed by atoms with Crippen LogP contribution in [0.15, 0.2) is 12.3 Å². The van der Waals surface area contributed by atoms with E-state index in [1.54, 1.807) is 4.90 Å². The Labute approximate surface area is 143 Å². The van der Waals surface area contributed by atoms with Crippen molar-refractivity contribution in [1.29, 1.82) is 0 Å². The van der Waals surface area contributed by atoms with Gasteiger partial charge in [0.2, 0.25) is 5.91 Å². The molecule has 0 spiro atoms. The molecule has 0 aliphatic carbocycles. The third-order valence-electron chi connectivity index (χ3n) is 4.46. The Bertz CT molecular complexity index is 606. The standard InChI is InChI=1S/C16H20F3N3O3/c17-16(18,19)13-3-6-20-15(21-13)25-12-2-1-7-22(10-12)14(23)11-4-8-24-9-5-11/h3,6,11-12H,1-2,4-5,7-10H2. The number of aromatic nitrogens is 2. The maximum Gasteiger partial charge on any atom is 0.433 e. The summed E-state index contributed by atoms with van der Waals surface area (Å²) in [6.07, 6.45) is -1.12. The van der Waals surface area contributed by atoms with Crippen LogP contribution in [0.5, 0.6) is 6.01 Å². The van der Waals surface area contributed by atoms with Gasteiger partial charge in [-0.3, -0.25) is 4.79 Å². The molecule has 0 saturated carbocycles. The van der Waals surface area contributed by atoms with Crippen molar-refractivity contribution >= 4 is 5.91 Å². The van der Waals surface area contributed by atoms with E-state index in [9.17, 15) is 18.0 Å². The summed E-state index contributed by atoms with van der Waals surface area (Å²) in [7, 11) is 0. The zero-order valence-corrected chi connectivity index (χ0v) is 13.7. The first kappa shape index (κ1) is 17.9. The van der Waals surface area contributed by atoms with Crippen molar-refractivity contribution in [1.82, 2.24) is 14.9 Å². The highest BCUT2D eigenvalue weighted by Gasteiger charge is 2.34. The van der Waals surface area contributed by atoms with Crippen LogP contribution >= 0.6 is 0 Å². The number of hydrogen-bond donors (Lipinski definition) is 0. The Morgan fingerprint density at radius 1 is 1.28 bits per heavy atom. The molecular formula is C16H20F3N3O3. The predicted octanol–water partition coefficient (Wildman–Crippen LogP) is 2.29. The fourth-order valence-electron chi connectivity index (χ4n) is 3.14. The molecule has 9 heteroatoms. The first-order chi connectivity index (χ1) is 11.9. The summed E-state index contributed by atoms with van der Waals surface area (Å²) in [6, 6.07) is 0.495. The van der Waals surface area contributed by atoms with Gasteiger partial charge in [0, 0.05) is 31.9 Å². The van der Waals surface area contributed by atoms with Gasteiger partial charge in [0.15, 0.2) is 5.69 Å². The van der Waals surface area contributed by atoms with Crippen LogP contribution in [0.3, 0.4) is 0 Å². The normalized spacial score (nSPS) is 22.7. The topological polar surface area (TPSA) is 64.5 Å². The fraction of sp³-hybridized carbons (Fsp3) is 0.688. The van der Waals surface area contributed by atoms with Crippen LogP contribution in [0, 0.1) is 5.92 Å². The quantitative estimate of drug-likeness (QED) is 0.829. The highest BCUT2D eigenvalue weighted by Crippen LogP contribution is 2.28. The average molecular weight is 359 g/mol. The average Bonchev–Trinajstić information content (AvgIpc) is 2.61. The summed E-state index contributed by atoms with van der Waals surface area (Å²) < 4.78 is 48.9. The molecule has 0 N–H and O–H groups in total. The van der Waals surface area contributed by atoms with Crippen LogP contribution in [0.25, 0.3) is 0 Å². The fourth-order valence-corrected chi connectivity index (χ4v) is 3.14. The highest BCUT2D eigenvalue weighted by molar-refractivity contribution is 5.79. The predicted molar refractivity (Wildman–Crippen MR) is 80.8 cm³/mol. The number of carbonyl (C=O) groups excluding carboxylic acids is 1. The number of rotatable bonds is 3. The minimum Gasteiger partial charge on any atom is -0.458 e. The second-order valence-electron chi connectivity index (χ2n) is 6.28. The number of alkyl halides is 3. The monoisotopic (exact) mass is 359 g/mol. The number of carbonyl (C=O) groups is 1. The molecule has 1 atom stereocenters. The van der Waals surface area contributed by atoms with Gasteiger partial charge in [0.05, 0.1) is 6.54 Å². The maximum atomic E-state index is 12.7. The molecule has 1 amide bonds. The summed E-state index contributed by atoms with van der Waals surface area (Å²) in [5.74, 6) is 0.0267. The van der Waals surface area contributed by atoms with E-state index in [1.165, 1.54) is 0 Å². The molecular weight excluding hydrogens is 339 g/mol. The SMILES string of the molecule is O=C(C1CCOCC1)N1CCCC(Oc2nccc(C(F)(F)F)n2)C1. The lowest BCUT2D eigenvalue weighted by molar-refractivity contribution is -0.141. The third-order valence-corrected chi connectivity index (χ3v) is 4.46. The Kier molecular flexibility index (Phi) is 5.41. The summed E-state index contributed by atoms with van der Waals surface area (Å²) in [5.41, 5.74) is -1.04. The Morgan fingerprint density at radius 2 is 2.04 bits per heavy atom. The minimum absolute atomic E-state index is 0.0442. The summed E-state index contributed by atoms with van der Waals surface area (Å²) in [5, 5.41) is 0. The summed E-state index contributed by atoms with van der Waals surface area (Å²) in [4.78, 5) is 21.5. The van der Waals surface area contributed by atoms with Crippen molar-refractivity contribution < 1.29 is 27.4 Å². The van der Waals surface area contributed by atoms with Gasteiger partial charge in [-0.25, -0.2) is 4.98 Å². The molecule has 2 aliphatic heterocycles. The number of ether oxygens (including phenoxy) is 2. The molecule has 0 bridgehead atoms. The van der Waals surface area contributed by atoms with Crippen LogP contribution < -0.4 is 4.74 Å². The molecule has 3 rings (SSSR count). The highest BCUT2D eigenvalue weighted by atomic mass is 19.4. The Balaban J connectivity index is 1.61. The molecule has 3 heterocycles. The molecule has 1 aromatic rings. The molecule has 2 saturated heterocycles. The van der Waals surface area contributed by atoms with Gasteiger partial charge in [0.1, 0.15) is 6.10 Å². The lowest BCUT2D eigenvalue weighted by Gasteiger charge is -2.35. The van der Waals surface area contributed by atoms with Gasteiger partial charge < -0.3 is 14.4 Å². The first-order valence-electron chi connectivity index (χ1n) is 8.37. The van der Waals surface area contributed by atoms with Crippen molar-refractivity contribution in [3.63, 3.8) is 0 Å². The maximum absolute atomic E-state index is 12.7. The third kappa shape index (κ3) is 4.59. The molecule has 0 radical (unpaired) electrons. The Hall–Kier alpha value is -1.90. The van der Waals surface area contributed by atoms with Crippen molar-refractivity contribution in [3.05, 3.63) is 18.0 Å². The van der Waals surface area contributed by atoms with Crippen LogP contribution in [-0.4, -0.2) is 53.2 Å². The van der Waals surface area contributed by atoms with E-state index in [0.717, 1.165) is 18.7 Å². The van der Waals surface area contributed by atoms with E-state index in [-0.39, 0.29) is 17.8 Å². The van der Waals surface area contributed by atoms with E-state index in [4.69, 9.17) is 9.47 Å². The van der Waals surface area contributed by atoms with Gasteiger partial charge in [-0.15, -0.1) is 0 Å². The Morgan fingerprint density at radius 3 is 2.76 bits per heavy atom. The van der Waals surface area contributed by atoms with Gasteiger partial charge in [-0.1, -0.05) is 0 Å². The van der Waals surface area contributed by atoms with Crippen LogP contribution in [-0.2, 0) is 15.7 Å². The van der Waals surface area contributed by atoms with E-state index >= 15 is 0 Å². The van der Waals surface area contributed by atoms with Crippen molar-refractivity contribution in [2.45, 2.75) is 38.0 Å². The van der Waals surface area contributed by atoms with Crippen molar-refractivity contribution in [2.75, 3.05) is 26.3 Å². The number of amides is 1. The lowest BCUT2D eigenvalue weighted by atomic mass is 9.97. The number of hydrogen-bond acceptors (Lipinski definition) is 5. The molecule has 2 fully saturated rings. The van der Waals surface area contributed by atoms with Crippen LogP contribution in [0.4, 0.5) is 13.2 Å². The van der Waals surface area contributed by atoms with Gasteiger partial charge in [-0.2, -0.15) is 18.2 Å². The van der Waals surface area contributed by atoms with E-state index < -0.39 is 18.0 Å². The molecule has 0 aromatic carbocycles. The zero-order valence-electron chi connectivity index (χ0n) is 13.7. The van der Waals surface area contributed by atoms with Crippen LogP contribution in [0.2, 0.25) is 0 Å². The molecule has 2 aliphatic rings. The van der Waals surface area contributed by atoms with Gasteiger partial charge in [-0.05, 0) is 31.7 Å². The second kappa shape index (κ2) is 7.55. The number of likely N-dealkylation sites (tertiary alicyclic amines) is 1. The summed E-state index contributed by atoms with van der Waals surface area (Å²) in [6.45, 7) is 2.15. The molecule has 138 valence electrons. The van der Waals surface area contributed by atoms with E-state index in [2.05, 4.69) is 9.97 Å². The molecule has 25 heavy (non-hydrogen) atoms. The molecule has 1 aromatic heterocycles. The van der Waals surface area contributed by atoms with Crippen molar-refractivity contribution in [3.8, 4) is 6.01 Å². The van der Waals surface area contributed by atoms with Gasteiger partial charge in [0.25, 0.3) is 0 Å². The van der Waals surface area contributed by atoms with Crippen molar-refractivity contribution in [2.24, 2.45) is 5.92 Å². The lowest BCUT2D eigenvalue weighted by Crippen LogP contribution is -2.47. The minimum atomic E-state index is -4.54. The van der Waals surface area contributed by atoms with E-state index in [0.29, 0.717) is 45.6 Å². The first-order valence-corrected chi connectivity index (χ1v) is 8.37. The molecule has 6 nitrogen and oxygen atoms in total. The number of halogens is 3. The van der Waals surface area contributed by atoms with Gasteiger partial charge >= 0.3 is 12.2 Å². The smallest absolute Gasteiger partial charge is 0.433 e. The zero-order chi connectivity index (χ0) is 17.9.